The highest BCUT2D eigenvalue weighted by molar-refractivity contribution is 7.90. The first-order valence-electron chi connectivity index (χ1n) is 5.29. The molecule has 0 atom stereocenters. The molecule has 2 aromatic rings. The van der Waals surface area contributed by atoms with Crippen molar-refractivity contribution in [3.63, 3.8) is 0 Å². The first kappa shape index (κ1) is 13.7. The van der Waals surface area contributed by atoms with E-state index in [0.717, 1.165) is 6.07 Å². The second-order valence-electron chi connectivity index (χ2n) is 3.72. The van der Waals surface area contributed by atoms with Gasteiger partial charge >= 0.3 is 0 Å². The van der Waals surface area contributed by atoms with Gasteiger partial charge in [0.25, 0.3) is 10.0 Å². The normalized spacial score (nSPS) is 11.9. The second kappa shape index (κ2) is 5.50. The molecule has 0 saturated heterocycles. The van der Waals surface area contributed by atoms with Crippen LogP contribution in [-0.2, 0) is 10.0 Å². The highest BCUT2D eigenvalue weighted by Crippen LogP contribution is 2.14. The highest BCUT2D eigenvalue weighted by Gasteiger charge is 2.12. The van der Waals surface area contributed by atoms with Crippen LogP contribution in [0.25, 0.3) is 0 Å². The molecule has 0 spiro atoms. The van der Waals surface area contributed by atoms with Crippen molar-refractivity contribution in [2.75, 3.05) is 0 Å². The minimum Gasteiger partial charge on any atom is -0.207 e. The van der Waals surface area contributed by atoms with E-state index in [2.05, 4.69) is 4.40 Å². The van der Waals surface area contributed by atoms with Crippen molar-refractivity contribution in [2.45, 2.75) is 4.90 Å². The van der Waals surface area contributed by atoms with E-state index in [1.165, 1.54) is 24.4 Å². The second-order valence-corrected chi connectivity index (χ2v) is 5.79. The third-order valence-electron chi connectivity index (χ3n) is 2.30. The molecule has 0 radical (unpaired) electrons. The maximum Gasteiger partial charge on any atom is 0.282 e. The third kappa shape index (κ3) is 3.62. The Bertz CT molecular complexity index is 712. The zero-order valence-electron chi connectivity index (χ0n) is 9.62. The zero-order chi connectivity index (χ0) is 13.9. The fourth-order valence-electron chi connectivity index (χ4n) is 1.37. The molecule has 0 unspecified atom stereocenters. The molecule has 6 heteroatoms. The fourth-order valence-corrected chi connectivity index (χ4v) is 2.39. The van der Waals surface area contributed by atoms with Gasteiger partial charge in [-0.05, 0) is 35.9 Å². The van der Waals surface area contributed by atoms with Gasteiger partial charge in [0.05, 0.1) is 4.90 Å². The Kier molecular flexibility index (Phi) is 3.97. The molecule has 0 aromatic heterocycles. The van der Waals surface area contributed by atoms with E-state index in [1.54, 1.807) is 24.3 Å². The Morgan fingerprint density at radius 1 is 1.11 bits per heavy atom. The highest BCUT2D eigenvalue weighted by atomic mass is 35.5. The third-order valence-corrected chi connectivity index (χ3v) is 3.79. The molecule has 19 heavy (non-hydrogen) atoms. The summed E-state index contributed by atoms with van der Waals surface area (Å²) in [6.45, 7) is 0. The van der Waals surface area contributed by atoms with Crippen molar-refractivity contribution in [2.24, 2.45) is 4.40 Å². The van der Waals surface area contributed by atoms with Crippen LogP contribution in [-0.4, -0.2) is 14.6 Å². The maximum absolute atomic E-state index is 13.0. The summed E-state index contributed by atoms with van der Waals surface area (Å²) in [7, 11) is -3.89. The fraction of sp³-hybridized carbons (Fsp3) is 0. The van der Waals surface area contributed by atoms with E-state index in [0.29, 0.717) is 10.6 Å². The summed E-state index contributed by atoms with van der Waals surface area (Å²) in [4.78, 5) is -0.183. The van der Waals surface area contributed by atoms with Crippen molar-refractivity contribution >= 4 is 27.8 Å². The van der Waals surface area contributed by atoms with Gasteiger partial charge in [-0.25, -0.2) is 4.39 Å². The number of nitrogens with zero attached hydrogens (tertiary/aromatic N) is 1. The van der Waals surface area contributed by atoms with Crippen molar-refractivity contribution < 1.29 is 12.8 Å². The molecule has 0 aliphatic heterocycles. The summed E-state index contributed by atoms with van der Waals surface area (Å²) in [5, 5.41) is 0.546. The predicted octanol–water partition coefficient (Wildman–Crippen LogP) is 3.29. The van der Waals surface area contributed by atoms with Crippen LogP contribution in [0.2, 0.25) is 5.02 Å². The van der Waals surface area contributed by atoms with Crippen LogP contribution >= 0.6 is 11.6 Å². The lowest BCUT2D eigenvalue weighted by Crippen LogP contribution is -1.98. The number of halogens is 2. The van der Waals surface area contributed by atoms with Crippen LogP contribution in [0, 0.1) is 5.82 Å². The van der Waals surface area contributed by atoms with Gasteiger partial charge in [0, 0.05) is 11.2 Å². The average molecular weight is 298 g/mol. The topological polar surface area (TPSA) is 46.5 Å². The van der Waals surface area contributed by atoms with Crippen LogP contribution in [0.15, 0.2) is 57.8 Å². The summed E-state index contributed by atoms with van der Waals surface area (Å²) >= 11 is 5.71. The molecule has 2 rings (SSSR count). The molecule has 2 aromatic carbocycles. The molecule has 3 nitrogen and oxygen atoms in total. The Morgan fingerprint density at radius 3 is 2.42 bits per heavy atom. The maximum atomic E-state index is 13.0. The molecule has 0 bridgehead atoms. The largest absolute Gasteiger partial charge is 0.282 e. The van der Waals surface area contributed by atoms with Gasteiger partial charge in [0.2, 0.25) is 0 Å². The van der Waals surface area contributed by atoms with E-state index >= 15 is 0 Å². The smallest absolute Gasteiger partial charge is 0.207 e. The molecule has 0 amide bonds. The van der Waals surface area contributed by atoms with Gasteiger partial charge in [0.1, 0.15) is 5.82 Å². The molecular formula is C13H9ClFNO2S. The van der Waals surface area contributed by atoms with Gasteiger partial charge in [0.15, 0.2) is 0 Å². The summed E-state index contributed by atoms with van der Waals surface area (Å²) < 4.78 is 40.1. The van der Waals surface area contributed by atoms with Gasteiger partial charge in [-0.2, -0.15) is 12.8 Å². The van der Waals surface area contributed by atoms with Crippen molar-refractivity contribution in [3.8, 4) is 0 Å². The van der Waals surface area contributed by atoms with E-state index in [1.807, 2.05) is 0 Å². The summed E-state index contributed by atoms with van der Waals surface area (Å²) in [5.74, 6) is -0.622. The minimum atomic E-state index is -3.89. The quantitative estimate of drug-likeness (QED) is 0.816. The zero-order valence-corrected chi connectivity index (χ0v) is 11.2. The molecule has 0 fully saturated rings. The van der Waals surface area contributed by atoms with Crippen LogP contribution in [0.4, 0.5) is 4.39 Å². The lowest BCUT2D eigenvalue weighted by molar-refractivity contribution is 0.592. The number of hydrogen-bond donors (Lipinski definition) is 0. The summed E-state index contributed by atoms with van der Waals surface area (Å²) in [6.07, 6.45) is 1.19. The van der Waals surface area contributed by atoms with Gasteiger partial charge in [-0.1, -0.05) is 29.8 Å². The number of sulfonamides is 1. The van der Waals surface area contributed by atoms with Crippen molar-refractivity contribution in [3.05, 3.63) is 64.9 Å². The Morgan fingerprint density at radius 2 is 1.79 bits per heavy atom. The summed E-state index contributed by atoms with van der Waals surface area (Å²) in [5.41, 5.74) is 0.587. The standard InChI is InChI=1S/C13H9ClFNO2S/c14-11-6-4-10(5-7-11)9-16-19(17,18)13-3-1-2-12(15)8-13/h1-9H. The molecule has 0 heterocycles. The Hall–Kier alpha value is -1.72. The first-order valence-corrected chi connectivity index (χ1v) is 7.11. The van der Waals surface area contributed by atoms with Crippen LogP contribution in [0.5, 0.6) is 0 Å². The van der Waals surface area contributed by atoms with Gasteiger partial charge < -0.3 is 0 Å². The molecule has 0 aliphatic rings. The lowest BCUT2D eigenvalue weighted by atomic mass is 10.2. The van der Waals surface area contributed by atoms with Gasteiger partial charge in [-0.3, -0.25) is 0 Å². The number of hydrogen-bond acceptors (Lipinski definition) is 2. The van der Waals surface area contributed by atoms with E-state index in [4.69, 9.17) is 11.6 Å². The number of benzene rings is 2. The minimum absolute atomic E-state index is 0.183. The molecule has 0 aliphatic carbocycles. The Balaban J connectivity index is 2.29. The first-order chi connectivity index (χ1) is 8.97. The van der Waals surface area contributed by atoms with E-state index in [9.17, 15) is 12.8 Å². The SMILES string of the molecule is O=S(=O)(N=Cc1ccc(Cl)cc1)c1cccc(F)c1. The van der Waals surface area contributed by atoms with Crippen molar-refractivity contribution in [1.29, 1.82) is 0 Å². The number of rotatable bonds is 3. The van der Waals surface area contributed by atoms with E-state index in [-0.39, 0.29) is 4.90 Å². The molecule has 98 valence electrons. The molecule has 0 saturated carbocycles. The van der Waals surface area contributed by atoms with Gasteiger partial charge in [-0.15, -0.1) is 0 Å². The van der Waals surface area contributed by atoms with E-state index < -0.39 is 15.8 Å². The summed E-state index contributed by atoms with van der Waals surface area (Å²) in [6, 6.07) is 11.2. The lowest BCUT2D eigenvalue weighted by Gasteiger charge is -1.98. The predicted molar refractivity (Wildman–Crippen MR) is 72.6 cm³/mol. The Labute approximate surface area is 115 Å². The van der Waals surface area contributed by atoms with Crippen LogP contribution in [0.1, 0.15) is 5.56 Å². The molecular weight excluding hydrogens is 289 g/mol. The molecule has 0 N–H and O–H groups in total. The monoisotopic (exact) mass is 297 g/mol. The van der Waals surface area contributed by atoms with Crippen LogP contribution < -0.4 is 0 Å². The van der Waals surface area contributed by atoms with Crippen LogP contribution in [0.3, 0.4) is 0 Å². The average Bonchev–Trinajstić information content (AvgIpc) is 2.38. The van der Waals surface area contributed by atoms with Crippen molar-refractivity contribution in [1.82, 2.24) is 0 Å².